The van der Waals surface area contributed by atoms with Crippen LogP contribution < -0.4 is 4.74 Å². The first-order valence-electron chi connectivity index (χ1n) is 12.4. The van der Waals surface area contributed by atoms with Crippen LogP contribution in [-0.4, -0.2) is 74.6 Å². The van der Waals surface area contributed by atoms with E-state index in [2.05, 4.69) is 42.5 Å². The van der Waals surface area contributed by atoms with Crippen molar-refractivity contribution in [3.05, 3.63) is 52.6 Å². The third kappa shape index (κ3) is 5.60. The lowest BCUT2D eigenvalue weighted by Crippen LogP contribution is -2.40. The number of nitrogens with zero attached hydrogens (tertiary/aromatic N) is 6. The molecule has 38 heavy (non-hydrogen) atoms. The molecule has 4 heterocycles. The Bertz CT molecular complexity index is 1470. The van der Waals surface area contributed by atoms with Gasteiger partial charge in [-0.2, -0.15) is 0 Å². The summed E-state index contributed by atoms with van der Waals surface area (Å²) in [6.45, 7) is 5.53. The van der Waals surface area contributed by atoms with E-state index in [1.807, 2.05) is 67.0 Å². The van der Waals surface area contributed by atoms with Crippen LogP contribution >= 0.6 is 22.6 Å². The number of halogens is 1. The van der Waals surface area contributed by atoms with Crippen molar-refractivity contribution in [2.24, 2.45) is 10.9 Å². The molecule has 0 radical (unpaired) electrons. The van der Waals surface area contributed by atoms with Crippen molar-refractivity contribution in [1.82, 2.24) is 24.4 Å². The summed E-state index contributed by atoms with van der Waals surface area (Å²) in [5.41, 5.74) is 1.57. The maximum absolute atomic E-state index is 10.5. The highest BCUT2D eigenvalue weighted by molar-refractivity contribution is 14.1. The van der Waals surface area contributed by atoms with Crippen molar-refractivity contribution in [3.63, 3.8) is 0 Å². The monoisotopic (exact) mass is 630 g/mol. The number of aliphatic imine (C=N–C) groups is 1. The van der Waals surface area contributed by atoms with Gasteiger partial charge in [0.05, 0.1) is 26.9 Å². The Morgan fingerprint density at radius 2 is 2.05 bits per heavy atom. The first-order chi connectivity index (χ1) is 18.1. The number of aliphatic hydroxyl groups is 1. The molecule has 200 valence electrons. The fourth-order valence-corrected chi connectivity index (χ4v) is 5.29. The molecule has 5 rings (SSSR count). The molecule has 0 amide bonds. The summed E-state index contributed by atoms with van der Waals surface area (Å²) in [6.07, 6.45) is 5.63. The molecular formula is C27H31IN6O4. The third-order valence-electron chi connectivity index (χ3n) is 6.31. The minimum atomic E-state index is -1.34. The van der Waals surface area contributed by atoms with Gasteiger partial charge in [0.15, 0.2) is 11.6 Å². The largest absolute Gasteiger partial charge is 0.490 e. The number of hydrogen-bond donors (Lipinski definition) is 1. The third-order valence-corrected chi connectivity index (χ3v) is 7.15. The lowest BCUT2D eigenvalue weighted by molar-refractivity contribution is -0.222. The van der Waals surface area contributed by atoms with E-state index in [4.69, 9.17) is 14.2 Å². The molecule has 0 spiro atoms. The van der Waals surface area contributed by atoms with Crippen molar-refractivity contribution in [2.45, 2.75) is 45.0 Å². The van der Waals surface area contributed by atoms with Crippen LogP contribution in [0, 0.1) is 9.49 Å². The number of rotatable bonds is 8. The molecule has 0 unspecified atom stereocenters. The molecule has 1 saturated heterocycles. The van der Waals surface area contributed by atoms with E-state index in [9.17, 15) is 5.11 Å². The van der Waals surface area contributed by atoms with Crippen LogP contribution in [-0.2, 0) is 9.47 Å². The molecule has 1 N–H and O–H groups in total. The zero-order valence-corrected chi connectivity index (χ0v) is 24.1. The van der Waals surface area contributed by atoms with Gasteiger partial charge in [0.1, 0.15) is 36.7 Å². The number of hydrogen-bond acceptors (Lipinski definition) is 8. The van der Waals surface area contributed by atoms with E-state index in [0.717, 1.165) is 25.6 Å². The number of benzene rings is 1. The van der Waals surface area contributed by atoms with Gasteiger partial charge in [-0.15, -0.1) is 0 Å². The van der Waals surface area contributed by atoms with Gasteiger partial charge in [0.25, 0.3) is 0 Å². The number of pyridine rings is 1. The molecule has 3 aromatic heterocycles. The Morgan fingerprint density at radius 3 is 2.82 bits per heavy atom. The number of aromatic nitrogens is 4. The summed E-state index contributed by atoms with van der Waals surface area (Å²) < 4.78 is 21.9. The zero-order valence-electron chi connectivity index (χ0n) is 21.9. The van der Waals surface area contributed by atoms with E-state index in [1.165, 1.54) is 6.33 Å². The van der Waals surface area contributed by atoms with Crippen molar-refractivity contribution in [3.8, 4) is 5.75 Å². The average Bonchev–Trinajstić information content (AvgIpc) is 3.42. The second-order valence-corrected chi connectivity index (χ2v) is 11.3. The molecular weight excluding hydrogens is 599 g/mol. The molecule has 0 saturated carbocycles. The maximum Gasteiger partial charge on any atom is 0.166 e. The summed E-state index contributed by atoms with van der Waals surface area (Å²) in [5.74, 6) is -0.157. The molecule has 4 aromatic rings. The van der Waals surface area contributed by atoms with Gasteiger partial charge in [-0.05, 0) is 54.6 Å². The Hall–Kier alpha value is -2.87. The number of fused-ring (bicyclic) bond motifs is 2. The molecule has 1 aromatic carbocycles. The Kier molecular flexibility index (Phi) is 7.54. The molecule has 1 aliphatic rings. The van der Waals surface area contributed by atoms with Crippen molar-refractivity contribution < 1.29 is 19.3 Å². The lowest BCUT2D eigenvalue weighted by Gasteiger charge is -2.29. The second kappa shape index (κ2) is 10.7. The fourth-order valence-electron chi connectivity index (χ4n) is 4.64. The predicted octanol–water partition coefficient (Wildman–Crippen LogP) is 4.53. The Balaban J connectivity index is 1.43. The molecule has 1 aliphatic heterocycles. The second-order valence-electron chi connectivity index (χ2n) is 10.1. The van der Waals surface area contributed by atoms with Crippen molar-refractivity contribution in [2.75, 3.05) is 20.7 Å². The minimum Gasteiger partial charge on any atom is -0.490 e. The quantitative estimate of drug-likeness (QED) is 0.131. The molecule has 10 nitrogen and oxygen atoms in total. The topological polar surface area (TPSA) is 107 Å². The van der Waals surface area contributed by atoms with Gasteiger partial charge in [-0.25, -0.2) is 15.0 Å². The molecule has 0 bridgehead atoms. The molecule has 1 fully saturated rings. The summed E-state index contributed by atoms with van der Waals surface area (Å²) in [6, 6.07) is 9.86. The van der Waals surface area contributed by atoms with Crippen LogP contribution in [0.2, 0.25) is 0 Å². The highest BCUT2D eigenvalue weighted by Gasteiger charge is 2.46. The standard InChI is InChI=1S/C27H31IN6O4/c1-16-23(38-27(2,3)35)22(13-36-21-12-20-17(11-19(21)28)7-6-9-29-20)37-26(16)34-10-8-18-24(32-15-33(4)5)30-14-31-25(18)34/h6-12,14-16,22-23,26,35H,13H2,1-5H3/b32-15+/t16-,22-,23+,26-/m1/s1. The molecule has 4 atom stereocenters. The van der Waals surface area contributed by atoms with Gasteiger partial charge in [0, 0.05) is 43.9 Å². The summed E-state index contributed by atoms with van der Waals surface area (Å²) in [4.78, 5) is 19.6. The van der Waals surface area contributed by atoms with Crippen LogP contribution in [0.5, 0.6) is 5.75 Å². The van der Waals surface area contributed by atoms with E-state index < -0.39 is 24.2 Å². The minimum absolute atomic E-state index is 0.119. The van der Waals surface area contributed by atoms with Crippen LogP contribution in [0.15, 0.2) is 54.0 Å². The van der Waals surface area contributed by atoms with E-state index in [1.54, 1.807) is 26.4 Å². The average molecular weight is 630 g/mol. The van der Waals surface area contributed by atoms with E-state index >= 15 is 0 Å². The number of ether oxygens (including phenoxy) is 3. The van der Waals surface area contributed by atoms with Crippen molar-refractivity contribution >= 4 is 56.7 Å². The van der Waals surface area contributed by atoms with Crippen LogP contribution in [0.1, 0.15) is 27.0 Å². The zero-order chi connectivity index (χ0) is 27.0. The highest BCUT2D eigenvalue weighted by Crippen LogP contribution is 2.40. The first kappa shape index (κ1) is 26.7. The summed E-state index contributed by atoms with van der Waals surface area (Å²) in [7, 11) is 3.81. The first-order valence-corrected chi connectivity index (χ1v) is 13.4. The Labute approximate surface area is 234 Å². The van der Waals surface area contributed by atoms with Gasteiger partial charge in [-0.3, -0.25) is 4.98 Å². The van der Waals surface area contributed by atoms with Crippen LogP contribution in [0.25, 0.3) is 21.9 Å². The van der Waals surface area contributed by atoms with Gasteiger partial charge in [-0.1, -0.05) is 13.0 Å². The van der Waals surface area contributed by atoms with Gasteiger partial charge in [0.2, 0.25) is 0 Å². The van der Waals surface area contributed by atoms with Gasteiger partial charge >= 0.3 is 0 Å². The Morgan fingerprint density at radius 1 is 1.24 bits per heavy atom. The molecule has 11 heteroatoms. The van der Waals surface area contributed by atoms with E-state index in [-0.39, 0.29) is 12.5 Å². The normalized spacial score (nSPS) is 22.1. The fraction of sp³-hybridized carbons (Fsp3) is 0.407. The van der Waals surface area contributed by atoms with Crippen molar-refractivity contribution in [1.29, 1.82) is 0 Å². The summed E-state index contributed by atoms with van der Waals surface area (Å²) in [5, 5.41) is 12.4. The van der Waals surface area contributed by atoms with Crippen LogP contribution in [0.3, 0.4) is 0 Å². The maximum atomic E-state index is 10.5. The lowest BCUT2D eigenvalue weighted by atomic mass is 10.0. The van der Waals surface area contributed by atoms with E-state index in [0.29, 0.717) is 11.5 Å². The molecule has 0 aliphatic carbocycles. The van der Waals surface area contributed by atoms with Crippen LogP contribution in [0.4, 0.5) is 5.82 Å². The SMILES string of the molecule is C[C@@H]1[C@H](OC(C)(C)O)[C@@H](COc2cc3ncccc3cc2I)O[C@H]1n1ccc2c(/N=C/N(C)C)ncnc21. The highest BCUT2D eigenvalue weighted by atomic mass is 127. The predicted molar refractivity (Wildman–Crippen MR) is 154 cm³/mol. The van der Waals surface area contributed by atoms with Gasteiger partial charge < -0.3 is 28.8 Å². The summed E-state index contributed by atoms with van der Waals surface area (Å²) >= 11 is 2.26. The smallest absolute Gasteiger partial charge is 0.166 e.